The molecule has 6 nitrogen and oxygen atoms in total. The van der Waals surface area contributed by atoms with Crippen molar-refractivity contribution in [2.75, 3.05) is 32.8 Å². The topological polar surface area (TPSA) is 82.8 Å². The molecule has 0 bridgehead atoms. The van der Waals surface area contributed by atoms with E-state index in [2.05, 4.69) is 0 Å². The van der Waals surface area contributed by atoms with E-state index in [0.29, 0.717) is 32.8 Å². The molecule has 1 rings (SSSR count). The highest BCUT2D eigenvalue weighted by atomic mass is 16.5. The van der Waals surface area contributed by atoms with Gasteiger partial charge in [-0.25, -0.2) is 0 Å². The molecular weight excluding hydrogens is 224 g/mol. The van der Waals surface area contributed by atoms with Crippen molar-refractivity contribution in [3.05, 3.63) is 0 Å². The van der Waals surface area contributed by atoms with Crippen molar-refractivity contribution in [2.45, 2.75) is 25.6 Å². The zero-order valence-electron chi connectivity index (χ0n) is 9.96. The predicted molar refractivity (Wildman–Crippen MR) is 59.0 cm³/mol. The summed E-state index contributed by atoms with van der Waals surface area (Å²) in [5.41, 5.74) is 0. The fourth-order valence-electron chi connectivity index (χ4n) is 1.72. The standard InChI is InChI=1S/C11H18N2O4/c1-2-16-11(15)5-9(14)7-13-3-4-17-10(6-12)8-13/h9-10,14H,2-5,7-8H2,1H3. The number of nitrogens with zero attached hydrogens (tertiary/aromatic N) is 2. The fraction of sp³-hybridized carbons (Fsp3) is 0.818. The average molecular weight is 242 g/mol. The van der Waals surface area contributed by atoms with E-state index in [4.69, 9.17) is 14.7 Å². The number of nitriles is 1. The second-order valence-electron chi connectivity index (χ2n) is 3.91. The number of hydrogen-bond acceptors (Lipinski definition) is 6. The monoisotopic (exact) mass is 242 g/mol. The zero-order chi connectivity index (χ0) is 12.7. The molecule has 1 heterocycles. The van der Waals surface area contributed by atoms with Crippen LogP contribution in [0.1, 0.15) is 13.3 Å². The predicted octanol–water partition coefficient (Wildman–Crippen LogP) is -0.475. The molecule has 1 fully saturated rings. The van der Waals surface area contributed by atoms with Crippen molar-refractivity contribution in [1.29, 1.82) is 5.26 Å². The Labute approximate surface area is 101 Å². The third-order valence-corrected chi connectivity index (χ3v) is 2.47. The number of morpholine rings is 1. The number of ether oxygens (including phenoxy) is 2. The van der Waals surface area contributed by atoms with Crippen LogP contribution in [-0.2, 0) is 14.3 Å². The molecular formula is C11H18N2O4. The summed E-state index contributed by atoms with van der Waals surface area (Å²) in [5.74, 6) is -0.398. The van der Waals surface area contributed by atoms with Crippen LogP contribution in [0.2, 0.25) is 0 Å². The van der Waals surface area contributed by atoms with Gasteiger partial charge in [0.15, 0.2) is 6.10 Å². The van der Waals surface area contributed by atoms with Crippen molar-refractivity contribution in [1.82, 2.24) is 4.90 Å². The van der Waals surface area contributed by atoms with Crippen LogP contribution in [0.15, 0.2) is 0 Å². The van der Waals surface area contributed by atoms with Gasteiger partial charge in [0.25, 0.3) is 0 Å². The summed E-state index contributed by atoms with van der Waals surface area (Å²) < 4.78 is 9.93. The van der Waals surface area contributed by atoms with Crippen molar-refractivity contribution in [3.8, 4) is 6.07 Å². The third kappa shape index (κ3) is 5.13. The molecule has 0 spiro atoms. The van der Waals surface area contributed by atoms with E-state index < -0.39 is 18.2 Å². The van der Waals surface area contributed by atoms with Gasteiger partial charge in [0.2, 0.25) is 0 Å². The minimum absolute atomic E-state index is 0.0115. The first kappa shape index (κ1) is 13.9. The quantitative estimate of drug-likeness (QED) is 0.656. The summed E-state index contributed by atoms with van der Waals surface area (Å²) >= 11 is 0. The maximum absolute atomic E-state index is 11.1. The molecule has 0 aromatic heterocycles. The van der Waals surface area contributed by atoms with Crippen molar-refractivity contribution < 1.29 is 19.4 Å². The summed E-state index contributed by atoms with van der Waals surface area (Å²) in [6, 6.07) is 2.03. The van der Waals surface area contributed by atoms with Gasteiger partial charge in [0.1, 0.15) is 0 Å². The second-order valence-corrected chi connectivity index (χ2v) is 3.91. The first-order valence-electron chi connectivity index (χ1n) is 5.73. The smallest absolute Gasteiger partial charge is 0.308 e. The van der Waals surface area contributed by atoms with E-state index in [-0.39, 0.29) is 6.42 Å². The number of hydrogen-bond donors (Lipinski definition) is 1. The molecule has 0 radical (unpaired) electrons. The highest BCUT2D eigenvalue weighted by molar-refractivity contribution is 5.69. The lowest BCUT2D eigenvalue weighted by Gasteiger charge is -2.30. The second kappa shape index (κ2) is 7.22. The molecule has 2 unspecified atom stereocenters. The van der Waals surface area contributed by atoms with Gasteiger partial charge in [0.05, 0.1) is 31.8 Å². The molecule has 0 aromatic carbocycles. The minimum Gasteiger partial charge on any atom is -0.466 e. The summed E-state index contributed by atoms with van der Waals surface area (Å²) in [6.07, 6.45) is -1.22. The molecule has 0 amide bonds. The van der Waals surface area contributed by atoms with E-state index in [0.717, 1.165) is 0 Å². The van der Waals surface area contributed by atoms with Crippen LogP contribution in [-0.4, -0.2) is 61.0 Å². The highest BCUT2D eigenvalue weighted by Gasteiger charge is 2.23. The van der Waals surface area contributed by atoms with Gasteiger partial charge >= 0.3 is 5.97 Å². The van der Waals surface area contributed by atoms with E-state index in [1.54, 1.807) is 6.92 Å². The van der Waals surface area contributed by atoms with Crippen LogP contribution in [0, 0.1) is 11.3 Å². The van der Waals surface area contributed by atoms with Gasteiger partial charge in [0, 0.05) is 19.6 Å². The lowest BCUT2D eigenvalue weighted by atomic mass is 10.2. The maximum Gasteiger partial charge on any atom is 0.308 e. The third-order valence-electron chi connectivity index (χ3n) is 2.47. The number of β-amino-alcohol motifs (C(OH)–C–C–N with tert-alkyl or cyclic N) is 1. The Morgan fingerprint density at radius 1 is 1.76 bits per heavy atom. The van der Waals surface area contributed by atoms with Crippen LogP contribution >= 0.6 is 0 Å². The van der Waals surface area contributed by atoms with Gasteiger partial charge in [-0.3, -0.25) is 9.69 Å². The summed E-state index contributed by atoms with van der Waals surface area (Å²) in [6.45, 7) is 4.02. The maximum atomic E-state index is 11.1. The van der Waals surface area contributed by atoms with Gasteiger partial charge in [-0.15, -0.1) is 0 Å². The normalized spacial score (nSPS) is 22.8. The Bertz CT molecular complexity index is 290. The van der Waals surface area contributed by atoms with Crippen LogP contribution in [0.4, 0.5) is 0 Å². The van der Waals surface area contributed by atoms with Crippen molar-refractivity contribution >= 4 is 5.97 Å². The molecule has 0 aliphatic carbocycles. The largest absolute Gasteiger partial charge is 0.466 e. The number of carbonyl (C=O) groups excluding carboxylic acids is 1. The van der Waals surface area contributed by atoms with Gasteiger partial charge < -0.3 is 14.6 Å². The molecule has 96 valence electrons. The Morgan fingerprint density at radius 2 is 2.53 bits per heavy atom. The molecule has 2 atom stereocenters. The number of aliphatic hydroxyl groups is 1. The van der Waals surface area contributed by atoms with Gasteiger partial charge in [-0.1, -0.05) is 0 Å². The summed E-state index contributed by atoms with van der Waals surface area (Å²) in [4.78, 5) is 13.1. The molecule has 1 N–H and O–H groups in total. The summed E-state index contributed by atoms with van der Waals surface area (Å²) in [7, 11) is 0. The Balaban J connectivity index is 2.28. The Kier molecular flexibility index (Phi) is 5.91. The molecule has 1 saturated heterocycles. The Morgan fingerprint density at radius 3 is 3.18 bits per heavy atom. The van der Waals surface area contributed by atoms with E-state index in [1.165, 1.54) is 0 Å². The average Bonchev–Trinajstić information content (AvgIpc) is 2.29. The van der Waals surface area contributed by atoms with Gasteiger partial charge in [-0.05, 0) is 6.92 Å². The van der Waals surface area contributed by atoms with Crippen LogP contribution in [0.3, 0.4) is 0 Å². The van der Waals surface area contributed by atoms with E-state index in [1.807, 2.05) is 11.0 Å². The lowest BCUT2D eigenvalue weighted by Crippen LogP contribution is -2.45. The van der Waals surface area contributed by atoms with Crippen LogP contribution < -0.4 is 0 Å². The molecule has 6 heteroatoms. The number of esters is 1. The number of rotatable bonds is 5. The molecule has 17 heavy (non-hydrogen) atoms. The lowest BCUT2D eigenvalue weighted by molar-refractivity contribution is -0.145. The van der Waals surface area contributed by atoms with Gasteiger partial charge in [-0.2, -0.15) is 5.26 Å². The van der Waals surface area contributed by atoms with E-state index >= 15 is 0 Å². The number of carbonyl (C=O) groups is 1. The van der Waals surface area contributed by atoms with Crippen molar-refractivity contribution in [3.63, 3.8) is 0 Å². The van der Waals surface area contributed by atoms with Crippen LogP contribution in [0.5, 0.6) is 0 Å². The first-order valence-corrected chi connectivity index (χ1v) is 5.73. The SMILES string of the molecule is CCOC(=O)CC(O)CN1CCOC(C#N)C1. The first-order chi connectivity index (χ1) is 8.15. The molecule has 0 aromatic rings. The highest BCUT2D eigenvalue weighted by Crippen LogP contribution is 2.06. The summed E-state index contributed by atoms with van der Waals surface area (Å²) in [5, 5.41) is 18.4. The Hall–Kier alpha value is -1.16. The molecule has 1 aliphatic rings. The molecule has 0 saturated carbocycles. The van der Waals surface area contributed by atoms with E-state index in [9.17, 15) is 9.90 Å². The molecule has 1 aliphatic heterocycles. The number of aliphatic hydroxyl groups excluding tert-OH is 1. The fourth-order valence-corrected chi connectivity index (χ4v) is 1.72. The van der Waals surface area contributed by atoms with Crippen LogP contribution in [0.25, 0.3) is 0 Å². The zero-order valence-corrected chi connectivity index (χ0v) is 9.96. The van der Waals surface area contributed by atoms with Crippen molar-refractivity contribution in [2.24, 2.45) is 0 Å². The minimum atomic E-state index is -0.758.